The van der Waals surface area contributed by atoms with Crippen molar-refractivity contribution in [2.75, 3.05) is 41.0 Å². The van der Waals surface area contributed by atoms with Crippen LogP contribution in [-0.4, -0.2) is 76.4 Å². The molecule has 45 heavy (non-hydrogen) atoms. The van der Waals surface area contributed by atoms with Gasteiger partial charge in [0.1, 0.15) is 22.0 Å². The van der Waals surface area contributed by atoms with Crippen molar-refractivity contribution >= 4 is 32.7 Å². The second kappa shape index (κ2) is 16.5. The van der Waals surface area contributed by atoms with Gasteiger partial charge in [-0.25, -0.2) is 18.0 Å². The number of hydrogen-bond donors (Lipinski definition) is 2. The van der Waals surface area contributed by atoms with E-state index in [1.54, 1.807) is 50.6 Å². The molecule has 1 heterocycles. The SMILES string of the molecule is CCCc1oc2ccccc2c1S(=O)(=O)c1ccc(OCCCN(C)CCc2ccc(OC)c(OC)c2)cc1.O=C(O)C(=O)O. The lowest BCUT2D eigenvalue weighted by Gasteiger charge is -2.17. The smallest absolute Gasteiger partial charge is 0.414 e. The third-order valence-electron chi connectivity index (χ3n) is 6.86. The second-order valence-corrected chi connectivity index (χ2v) is 12.0. The van der Waals surface area contributed by atoms with E-state index in [0.29, 0.717) is 35.5 Å². The average molecular weight is 642 g/mol. The third kappa shape index (κ3) is 9.47. The first kappa shape index (κ1) is 34.9. The van der Waals surface area contributed by atoms with Gasteiger partial charge in [0, 0.05) is 24.9 Å². The minimum atomic E-state index is -3.74. The molecular formula is C33H39NO10S. The standard InChI is InChI=1S/C31H37NO6S.C2H2O4/c1-5-9-29-31(26-10-6-7-11-27(26)38-29)39(33,34)25-15-13-24(14-16-25)37-21-8-19-32(2)20-18-23-12-17-28(35-3)30(22-23)36-4;3-1(4)2(5)6/h6-7,10-17,22H,5,8-9,18-21H2,1-4H3;(H,3,4)(H,5,6). The summed E-state index contributed by atoms with van der Waals surface area (Å²) in [6.07, 6.45) is 3.11. The number of fused-ring (bicyclic) bond motifs is 1. The Morgan fingerprint density at radius 2 is 1.53 bits per heavy atom. The van der Waals surface area contributed by atoms with Crippen molar-refractivity contribution in [1.82, 2.24) is 4.90 Å². The van der Waals surface area contributed by atoms with Gasteiger partial charge in [-0.1, -0.05) is 25.1 Å². The van der Waals surface area contributed by atoms with Gasteiger partial charge in [-0.15, -0.1) is 0 Å². The molecular weight excluding hydrogens is 602 g/mol. The lowest BCUT2D eigenvalue weighted by Crippen LogP contribution is -2.23. The number of furan rings is 1. The van der Waals surface area contributed by atoms with Crippen LogP contribution < -0.4 is 14.2 Å². The molecule has 0 aliphatic rings. The fraction of sp³-hybridized carbons (Fsp3) is 0.333. The van der Waals surface area contributed by atoms with E-state index in [1.807, 2.05) is 31.2 Å². The summed E-state index contributed by atoms with van der Waals surface area (Å²) < 4.78 is 49.6. The Morgan fingerprint density at radius 3 is 2.16 bits per heavy atom. The molecule has 0 saturated carbocycles. The van der Waals surface area contributed by atoms with Gasteiger partial charge >= 0.3 is 11.9 Å². The highest BCUT2D eigenvalue weighted by molar-refractivity contribution is 7.91. The predicted octanol–water partition coefficient (Wildman–Crippen LogP) is 5.33. The van der Waals surface area contributed by atoms with Crippen molar-refractivity contribution in [3.05, 3.63) is 78.1 Å². The summed E-state index contributed by atoms with van der Waals surface area (Å²) in [5.74, 6) is -1.02. The van der Waals surface area contributed by atoms with Crippen molar-refractivity contribution in [1.29, 1.82) is 0 Å². The lowest BCUT2D eigenvalue weighted by molar-refractivity contribution is -0.159. The molecule has 0 bridgehead atoms. The van der Waals surface area contributed by atoms with E-state index in [9.17, 15) is 8.42 Å². The van der Waals surface area contributed by atoms with Gasteiger partial charge in [0.05, 0.1) is 25.7 Å². The first-order valence-electron chi connectivity index (χ1n) is 14.4. The Hall–Kier alpha value is -4.55. The van der Waals surface area contributed by atoms with Gasteiger partial charge in [0.25, 0.3) is 0 Å². The molecule has 0 amide bonds. The van der Waals surface area contributed by atoms with Crippen LogP contribution in [0.4, 0.5) is 0 Å². The Morgan fingerprint density at radius 1 is 0.867 bits per heavy atom. The number of para-hydroxylation sites is 1. The Labute approximate surface area is 262 Å². The third-order valence-corrected chi connectivity index (χ3v) is 8.74. The monoisotopic (exact) mass is 641 g/mol. The summed E-state index contributed by atoms with van der Waals surface area (Å²) in [5, 5.41) is 15.4. The summed E-state index contributed by atoms with van der Waals surface area (Å²) in [6.45, 7) is 4.34. The van der Waals surface area contributed by atoms with Crippen LogP contribution in [0, 0.1) is 0 Å². The Kier molecular flexibility index (Phi) is 12.8. The zero-order valence-electron chi connectivity index (χ0n) is 25.8. The molecule has 242 valence electrons. The number of hydrogen-bond acceptors (Lipinski definition) is 9. The predicted molar refractivity (Wildman–Crippen MR) is 168 cm³/mol. The maximum Gasteiger partial charge on any atom is 0.414 e. The van der Waals surface area contributed by atoms with Crippen LogP contribution in [0.1, 0.15) is 31.1 Å². The van der Waals surface area contributed by atoms with Crippen molar-refractivity contribution in [2.45, 2.75) is 42.4 Å². The maximum absolute atomic E-state index is 13.6. The quantitative estimate of drug-likeness (QED) is 0.136. The number of benzene rings is 3. The fourth-order valence-electron chi connectivity index (χ4n) is 4.58. The van der Waals surface area contributed by atoms with E-state index >= 15 is 0 Å². The lowest BCUT2D eigenvalue weighted by atomic mass is 10.1. The second-order valence-electron chi connectivity index (χ2n) is 10.1. The van der Waals surface area contributed by atoms with Crippen molar-refractivity contribution < 1.29 is 46.8 Å². The van der Waals surface area contributed by atoms with Crippen LogP contribution in [0.15, 0.2) is 80.9 Å². The molecule has 0 spiro atoms. The highest BCUT2D eigenvalue weighted by Gasteiger charge is 2.27. The zero-order valence-corrected chi connectivity index (χ0v) is 26.6. The molecule has 1 aromatic heterocycles. The highest BCUT2D eigenvalue weighted by Crippen LogP contribution is 2.35. The molecule has 0 aliphatic carbocycles. The van der Waals surface area contributed by atoms with Crippen molar-refractivity contribution in [3.8, 4) is 17.2 Å². The number of nitrogens with zero attached hydrogens (tertiary/aromatic N) is 1. The number of carboxylic acids is 2. The molecule has 3 aromatic carbocycles. The first-order valence-corrected chi connectivity index (χ1v) is 15.8. The van der Waals surface area contributed by atoms with Crippen LogP contribution in [0.5, 0.6) is 17.2 Å². The average Bonchev–Trinajstić information content (AvgIpc) is 3.41. The largest absolute Gasteiger partial charge is 0.494 e. The number of sulfone groups is 1. The normalized spacial score (nSPS) is 11.1. The van der Waals surface area contributed by atoms with E-state index in [2.05, 4.69) is 18.0 Å². The summed E-state index contributed by atoms with van der Waals surface area (Å²) in [7, 11) is 1.63. The van der Waals surface area contributed by atoms with Crippen molar-refractivity contribution in [2.24, 2.45) is 0 Å². The van der Waals surface area contributed by atoms with Gasteiger partial charge in [0.2, 0.25) is 9.84 Å². The number of ether oxygens (including phenoxy) is 3. The Balaban J connectivity index is 0.000000838. The fourth-order valence-corrected chi connectivity index (χ4v) is 6.22. The van der Waals surface area contributed by atoms with Crippen LogP contribution in [0.2, 0.25) is 0 Å². The number of methoxy groups -OCH3 is 2. The number of likely N-dealkylation sites (N-methyl/N-ethyl adjacent to an activating group) is 1. The van der Waals surface area contributed by atoms with Gasteiger partial charge in [-0.05, 0) is 80.4 Å². The van der Waals surface area contributed by atoms with E-state index in [-0.39, 0.29) is 9.79 Å². The van der Waals surface area contributed by atoms with Gasteiger partial charge < -0.3 is 33.7 Å². The molecule has 0 radical (unpaired) electrons. The van der Waals surface area contributed by atoms with Gasteiger partial charge in [-0.3, -0.25) is 0 Å². The van der Waals surface area contributed by atoms with E-state index in [1.165, 1.54) is 5.56 Å². The number of aliphatic carboxylic acids is 2. The topological polar surface area (TPSA) is 153 Å². The molecule has 0 atom stereocenters. The minimum absolute atomic E-state index is 0.230. The molecule has 4 rings (SSSR count). The molecule has 0 fully saturated rings. The van der Waals surface area contributed by atoms with Crippen LogP contribution in [-0.2, 0) is 32.3 Å². The van der Waals surface area contributed by atoms with Gasteiger partial charge in [-0.2, -0.15) is 0 Å². The Bertz CT molecular complexity index is 1670. The maximum atomic E-state index is 13.6. The molecule has 0 saturated heterocycles. The number of aryl methyl sites for hydroxylation is 1. The molecule has 12 heteroatoms. The summed E-state index contributed by atoms with van der Waals surface area (Å²) in [4.78, 5) is 21.0. The zero-order chi connectivity index (χ0) is 33.0. The van der Waals surface area contributed by atoms with E-state index in [0.717, 1.165) is 43.9 Å². The number of carboxylic acid groups (broad SMARTS) is 2. The van der Waals surface area contributed by atoms with Crippen LogP contribution in [0.3, 0.4) is 0 Å². The minimum Gasteiger partial charge on any atom is -0.494 e. The molecule has 0 unspecified atom stereocenters. The molecule has 11 nitrogen and oxygen atoms in total. The van der Waals surface area contributed by atoms with Crippen LogP contribution in [0.25, 0.3) is 11.0 Å². The first-order chi connectivity index (χ1) is 21.5. The van der Waals surface area contributed by atoms with Crippen molar-refractivity contribution in [3.63, 3.8) is 0 Å². The molecule has 2 N–H and O–H groups in total. The highest BCUT2D eigenvalue weighted by atomic mass is 32.2. The van der Waals surface area contributed by atoms with Crippen LogP contribution >= 0.6 is 0 Å². The number of carbonyl (C=O) groups is 2. The van der Waals surface area contributed by atoms with E-state index < -0.39 is 21.8 Å². The summed E-state index contributed by atoms with van der Waals surface area (Å²) >= 11 is 0. The molecule has 4 aromatic rings. The summed E-state index contributed by atoms with van der Waals surface area (Å²) in [5.41, 5.74) is 1.78. The molecule has 0 aliphatic heterocycles. The number of rotatable bonds is 14. The van der Waals surface area contributed by atoms with Gasteiger partial charge in [0.15, 0.2) is 11.5 Å². The summed E-state index contributed by atoms with van der Waals surface area (Å²) in [6, 6.07) is 19.9. The van der Waals surface area contributed by atoms with E-state index in [4.69, 9.17) is 38.4 Å².